The smallest absolute Gasteiger partial charge is 0.241 e. The van der Waals surface area contributed by atoms with E-state index in [1.54, 1.807) is 30.0 Å². The van der Waals surface area contributed by atoms with E-state index < -0.39 is 16.1 Å². The molecule has 0 aliphatic carbocycles. The summed E-state index contributed by atoms with van der Waals surface area (Å²) in [5.74, 6) is 1.74. The summed E-state index contributed by atoms with van der Waals surface area (Å²) in [6.07, 6.45) is 2.92. The van der Waals surface area contributed by atoms with Gasteiger partial charge in [0.25, 0.3) is 0 Å². The molecule has 0 spiro atoms. The molecule has 29 heavy (non-hydrogen) atoms. The highest BCUT2D eigenvalue weighted by atomic mass is 32.2. The van der Waals surface area contributed by atoms with Crippen molar-refractivity contribution in [3.63, 3.8) is 0 Å². The molecule has 1 unspecified atom stereocenters. The minimum absolute atomic E-state index is 0.141. The number of fused-ring (bicyclic) bond motifs is 1. The van der Waals surface area contributed by atoms with Crippen LogP contribution in [-0.4, -0.2) is 45.7 Å². The zero-order chi connectivity index (χ0) is 20.7. The summed E-state index contributed by atoms with van der Waals surface area (Å²) in [4.78, 5) is 12.8. The van der Waals surface area contributed by atoms with Crippen molar-refractivity contribution in [3.05, 3.63) is 54.1 Å². The molecule has 9 heteroatoms. The van der Waals surface area contributed by atoms with Crippen LogP contribution in [-0.2, 0) is 21.2 Å². The van der Waals surface area contributed by atoms with Crippen molar-refractivity contribution in [1.82, 2.24) is 10.0 Å². The van der Waals surface area contributed by atoms with E-state index in [1.165, 1.54) is 12.1 Å². The lowest BCUT2D eigenvalue weighted by atomic mass is 10.1. The third-order valence-electron chi connectivity index (χ3n) is 4.43. The summed E-state index contributed by atoms with van der Waals surface area (Å²) in [5.41, 5.74) is 1.00. The maximum Gasteiger partial charge on any atom is 0.241 e. The molecule has 0 bridgehead atoms. The number of ether oxygens (including phenoxy) is 2. The zero-order valence-corrected chi connectivity index (χ0v) is 17.7. The summed E-state index contributed by atoms with van der Waals surface area (Å²) >= 11 is 1.56. The van der Waals surface area contributed by atoms with Crippen LogP contribution >= 0.6 is 11.8 Å². The molecule has 0 radical (unpaired) electrons. The topological polar surface area (TPSA) is 93.7 Å². The maximum absolute atomic E-state index is 12.6. The lowest BCUT2D eigenvalue weighted by Crippen LogP contribution is -2.47. The molecule has 2 aromatic rings. The molecule has 1 heterocycles. The Bertz CT molecular complexity index is 935. The molecule has 156 valence electrons. The number of carbonyl (C=O) groups is 1. The number of carbonyl (C=O) groups excluding carboxylic acids is 1. The van der Waals surface area contributed by atoms with Gasteiger partial charge in [-0.2, -0.15) is 16.5 Å². The molecule has 0 aromatic heterocycles. The maximum atomic E-state index is 12.6. The van der Waals surface area contributed by atoms with Crippen molar-refractivity contribution in [2.24, 2.45) is 0 Å². The Hall–Kier alpha value is -2.23. The summed E-state index contributed by atoms with van der Waals surface area (Å²) in [7, 11) is -3.77. The van der Waals surface area contributed by atoms with Crippen molar-refractivity contribution in [2.45, 2.75) is 23.8 Å². The number of rotatable bonds is 10. The Morgan fingerprint density at radius 2 is 1.90 bits per heavy atom. The number of nitrogens with one attached hydrogen (secondary N) is 2. The average molecular weight is 437 g/mol. The molecule has 1 aliphatic heterocycles. The van der Waals surface area contributed by atoms with Gasteiger partial charge in [0.1, 0.15) is 6.04 Å². The van der Waals surface area contributed by atoms with E-state index in [0.29, 0.717) is 36.6 Å². The molecule has 0 saturated carbocycles. The van der Waals surface area contributed by atoms with Crippen LogP contribution in [0.5, 0.6) is 11.5 Å². The fraction of sp³-hybridized carbons (Fsp3) is 0.350. The van der Waals surface area contributed by atoms with Gasteiger partial charge in [-0.25, -0.2) is 8.42 Å². The standard InChI is InChI=1S/C20H24N2O5S2/c1-28-12-10-17(22-29(24,25)16-5-3-2-4-6-16)20(23)21-11-9-15-7-8-18-19(13-15)27-14-26-18/h2-8,13,17,22H,9-12,14H2,1H3,(H,21,23). The Morgan fingerprint density at radius 3 is 2.66 bits per heavy atom. The van der Waals surface area contributed by atoms with Gasteiger partial charge in [-0.15, -0.1) is 0 Å². The predicted octanol–water partition coefficient (Wildman–Crippen LogP) is 2.17. The van der Waals surface area contributed by atoms with Crippen LogP contribution in [0.25, 0.3) is 0 Å². The number of hydrogen-bond acceptors (Lipinski definition) is 6. The molecular formula is C20H24N2O5S2. The second-order valence-corrected chi connectivity index (χ2v) is 9.20. The fourth-order valence-corrected chi connectivity index (χ4v) is 4.61. The minimum Gasteiger partial charge on any atom is -0.454 e. The second kappa shape index (κ2) is 10.00. The third-order valence-corrected chi connectivity index (χ3v) is 6.56. The summed E-state index contributed by atoms with van der Waals surface area (Å²) in [6.45, 7) is 0.607. The molecule has 2 aromatic carbocycles. The second-order valence-electron chi connectivity index (χ2n) is 6.50. The van der Waals surface area contributed by atoms with E-state index in [4.69, 9.17) is 9.47 Å². The van der Waals surface area contributed by atoms with Crippen molar-refractivity contribution in [3.8, 4) is 11.5 Å². The number of sulfonamides is 1. The Labute approximate surface area is 175 Å². The van der Waals surface area contributed by atoms with Crippen LogP contribution in [0.2, 0.25) is 0 Å². The quantitative estimate of drug-likeness (QED) is 0.593. The van der Waals surface area contributed by atoms with Crippen LogP contribution in [0.4, 0.5) is 0 Å². The molecule has 0 fully saturated rings. The largest absolute Gasteiger partial charge is 0.454 e. The van der Waals surface area contributed by atoms with Crippen LogP contribution in [0, 0.1) is 0 Å². The number of amides is 1. The highest BCUT2D eigenvalue weighted by molar-refractivity contribution is 7.98. The SMILES string of the molecule is CSCCC(NS(=O)(=O)c1ccccc1)C(=O)NCCc1ccc2c(c1)OCO2. The summed E-state index contributed by atoms with van der Waals surface area (Å²) < 4.78 is 38.4. The van der Waals surface area contributed by atoms with E-state index in [0.717, 1.165) is 5.56 Å². The normalized spacial score (nSPS) is 13.8. The van der Waals surface area contributed by atoms with Crippen molar-refractivity contribution < 1.29 is 22.7 Å². The molecule has 2 N–H and O–H groups in total. The Kier molecular flexibility index (Phi) is 7.40. The highest BCUT2D eigenvalue weighted by Gasteiger charge is 2.25. The first-order chi connectivity index (χ1) is 14.0. The van der Waals surface area contributed by atoms with Crippen molar-refractivity contribution >= 4 is 27.7 Å². The summed E-state index contributed by atoms with van der Waals surface area (Å²) in [5, 5.41) is 2.83. The van der Waals surface area contributed by atoms with Crippen LogP contribution in [0.15, 0.2) is 53.4 Å². The van der Waals surface area contributed by atoms with E-state index in [1.807, 2.05) is 24.5 Å². The lowest BCUT2D eigenvalue weighted by Gasteiger charge is -2.18. The lowest BCUT2D eigenvalue weighted by molar-refractivity contribution is -0.122. The number of benzene rings is 2. The first kappa shape index (κ1) is 21.5. The fourth-order valence-electron chi connectivity index (χ4n) is 2.88. The Morgan fingerprint density at radius 1 is 1.14 bits per heavy atom. The molecule has 1 atom stereocenters. The van der Waals surface area contributed by atoms with E-state index >= 15 is 0 Å². The van der Waals surface area contributed by atoms with Gasteiger partial charge in [0.2, 0.25) is 22.7 Å². The molecule has 1 amide bonds. The first-order valence-corrected chi connectivity index (χ1v) is 12.1. The van der Waals surface area contributed by atoms with Crippen LogP contribution < -0.4 is 19.5 Å². The highest BCUT2D eigenvalue weighted by Crippen LogP contribution is 2.32. The molecule has 7 nitrogen and oxygen atoms in total. The average Bonchev–Trinajstić information content (AvgIpc) is 3.19. The van der Waals surface area contributed by atoms with E-state index in [2.05, 4.69) is 10.0 Å². The van der Waals surface area contributed by atoms with Crippen LogP contribution in [0.1, 0.15) is 12.0 Å². The first-order valence-electron chi connectivity index (χ1n) is 9.22. The molecule has 3 rings (SSSR count). The molecule has 0 saturated heterocycles. The van der Waals surface area contributed by atoms with Gasteiger partial charge in [0.15, 0.2) is 11.5 Å². The van der Waals surface area contributed by atoms with Gasteiger partial charge in [-0.1, -0.05) is 24.3 Å². The monoisotopic (exact) mass is 436 g/mol. The third kappa shape index (κ3) is 5.88. The van der Waals surface area contributed by atoms with Crippen molar-refractivity contribution in [1.29, 1.82) is 0 Å². The predicted molar refractivity (Wildman–Crippen MR) is 113 cm³/mol. The van der Waals surface area contributed by atoms with Crippen LogP contribution in [0.3, 0.4) is 0 Å². The van der Waals surface area contributed by atoms with Crippen molar-refractivity contribution in [2.75, 3.05) is 25.3 Å². The van der Waals surface area contributed by atoms with Gasteiger partial charge < -0.3 is 14.8 Å². The van der Waals surface area contributed by atoms with Gasteiger partial charge in [-0.3, -0.25) is 4.79 Å². The van der Waals surface area contributed by atoms with Gasteiger partial charge >= 0.3 is 0 Å². The molecule has 1 aliphatic rings. The Balaban J connectivity index is 1.58. The zero-order valence-electron chi connectivity index (χ0n) is 16.1. The van der Waals surface area contributed by atoms with Gasteiger partial charge in [-0.05, 0) is 54.7 Å². The number of thioether (sulfide) groups is 1. The minimum atomic E-state index is -3.77. The van der Waals surface area contributed by atoms with E-state index in [-0.39, 0.29) is 17.6 Å². The van der Waals surface area contributed by atoms with E-state index in [9.17, 15) is 13.2 Å². The molecular weight excluding hydrogens is 412 g/mol. The number of hydrogen-bond donors (Lipinski definition) is 2. The van der Waals surface area contributed by atoms with Gasteiger partial charge in [0.05, 0.1) is 4.90 Å². The van der Waals surface area contributed by atoms with Gasteiger partial charge in [0, 0.05) is 6.54 Å². The summed E-state index contributed by atoms with van der Waals surface area (Å²) in [6, 6.07) is 12.9.